The molecule has 0 spiro atoms. The van der Waals surface area contributed by atoms with Crippen LogP contribution in [0, 0.1) is 0 Å². The van der Waals surface area contributed by atoms with E-state index < -0.39 is 5.97 Å². The smallest absolute Gasteiger partial charge is 0.341 e. The van der Waals surface area contributed by atoms with Crippen molar-refractivity contribution in [2.45, 2.75) is 4.90 Å². The lowest BCUT2D eigenvalue weighted by Gasteiger charge is -2.07. The van der Waals surface area contributed by atoms with Gasteiger partial charge < -0.3 is 4.74 Å². The van der Waals surface area contributed by atoms with Gasteiger partial charge in [0.15, 0.2) is 5.65 Å². The van der Waals surface area contributed by atoms with Gasteiger partial charge in [0.25, 0.3) is 0 Å². The summed E-state index contributed by atoms with van der Waals surface area (Å²) in [5, 5.41) is 4.11. The highest BCUT2D eigenvalue weighted by Gasteiger charge is 2.15. The summed E-state index contributed by atoms with van der Waals surface area (Å²) >= 11 is 1.69. The molecule has 3 aromatic rings. The van der Waals surface area contributed by atoms with Crippen LogP contribution in [0.15, 0.2) is 47.8 Å². The third-order valence-corrected chi connectivity index (χ3v) is 3.95. The molecule has 0 aliphatic carbocycles. The average Bonchev–Trinajstić information content (AvgIpc) is 3.01. The molecule has 3 rings (SSSR count). The zero-order chi connectivity index (χ0) is 14.8. The molecule has 0 unspecified atom stereocenters. The van der Waals surface area contributed by atoms with E-state index in [0.717, 1.165) is 11.1 Å². The largest absolute Gasteiger partial charge is 0.465 e. The number of carbonyl (C=O) groups excluding carboxylic acids is 1. The fourth-order valence-corrected chi connectivity index (χ4v) is 2.54. The van der Waals surface area contributed by atoms with Crippen LogP contribution >= 0.6 is 11.8 Å². The molecule has 1 aromatic carbocycles. The van der Waals surface area contributed by atoms with Gasteiger partial charge in [-0.1, -0.05) is 12.1 Å². The minimum atomic E-state index is -0.421. The first kappa shape index (κ1) is 13.6. The second-order valence-electron chi connectivity index (χ2n) is 4.39. The number of hydrogen-bond acceptors (Lipinski definition) is 5. The number of aromatic nitrogens is 3. The Kier molecular flexibility index (Phi) is 3.62. The summed E-state index contributed by atoms with van der Waals surface area (Å²) < 4.78 is 6.41. The van der Waals surface area contributed by atoms with Gasteiger partial charge >= 0.3 is 5.97 Å². The van der Waals surface area contributed by atoms with Gasteiger partial charge in [-0.3, -0.25) is 0 Å². The number of benzene rings is 1. The van der Waals surface area contributed by atoms with Crippen LogP contribution in [-0.4, -0.2) is 33.9 Å². The van der Waals surface area contributed by atoms with Gasteiger partial charge in [-0.15, -0.1) is 11.8 Å². The van der Waals surface area contributed by atoms with Gasteiger partial charge in [0.1, 0.15) is 11.9 Å². The standard InChI is InChI=1S/C15H13N3O2S/c1-20-15(19)13-7-11(8-18-14(13)16-9-17-18)10-3-5-12(21-2)6-4-10/h3-9H,1-2H3. The van der Waals surface area contributed by atoms with Gasteiger partial charge in [0.05, 0.1) is 7.11 Å². The van der Waals surface area contributed by atoms with Gasteiger partial charge in [-0.2, -0.15) is 5.10 Å². The number of methoxy groups -OCH3 is 1. The normalized spacial score (nSPS) is 10.8. The summed E-state index contributed by atoms with van der Waals surface area (Å²) in [6.07, 6.45) is 5.30. The SMILES string of the molecule is COC(=O)c1cc(-c2ccc(SC)cc2)cn2ncnc12. The van der Waals surface area contributed by atoms with Crippen LogP contribution in [-0.2, 0) is 4.74 Å². The van der Waals surface area contributed by atoms with E-state index in [-0.39, 0.29) is 0 Å². The molecule has 0 aliphatic rings. The van der Waals surface area contributed by atoms with Crippen LogP contribution in [0.5, 0.6) is 0 Å². The number of esters is 1. The van der Waals surface area contributed by atoms with Gasteiger partial charge in [0.2, 0.25) is 0 Å². The predicted molar refractivity (Wildman–Crippen MR) is 81.5 cm³/mol. The van der Waals surface area contributed by atoms with Crippen LogP contribution in [0.4, 0.5) is 0 Å². The zero-order valence-electron chi connectivity index (χ0n) is 11.6. The molecule has 0 bridgehead atoms. The molecule has 2 aromatic heterocycles. The van der Waals surface area contributed by atoms with Crippen LogP contribution in [0.2, 0.25) is 0 Å². The van der Waals surface area contributed by atoms with E-state index in [1.807, 2.05) is 36.7 Å². The van der Waals surface area contributed by atoms with Crippen molar-refractivity contribution < 1.29 is 9.53 Å². The Morgan fingerprint density at radius 2 is 2.00 bits per heavy atom. The van der Waals surface area contributed by atoms with Crippen molar-refractivity contribution >= 4 is 23.4 Å². The number of hydrogen-bond donors (Lipinski definition) is 0. The number of fused-ring (bicyclic) bond motifs is 1. The molecule has 2 heterocycles. The third-order valence-electron chi connectivity index (χ3n) is 3.20. The van der Waals surface area contributed by atoms with E-state index in [4.69, 9.17) is 4.74 Å². The molecule has 0 N–H and O–H groups in total. The number of pyridine rings is 1. The average molecular weight is 299 g/mol. The Bertz CT molecular complexity index is 796. The van der Waals surface area contributed by atoms with Crippen molar-refractivity contribution in [3.63, 3.8) is 0 Å². The maximum atomic E-state index is 11.9. The van der Waals surface area contributed by atoms with Crippen molar-refractivity contribution in [3.8, 4) is 11.1 Å². The molecule has 0 radical (unpaired) electrons. The summed E-state index contributed by atoms with van der Waals surface area (Å²) in [4.78, 5) is 17.2. The van der Waals surface area contributed by atoms with Crippen molar-refractivity contribution in [2.75, 3.05) is 13.4 Å². The maximum absolute atomic E-state index is 11.9. The van der Waals surface area contributed by atoms with Crippen molar-refractivity contribution in [1.29, 1.82) is 0 Å². The fourth-order valence-electron chi connectivity index (χ4n) is 2.13. The predicted octanol–water partition coefficient (Wildman–Crippen LogP) is 2.90. The first-order chi connectivity index (χ1) is 10.2. The van der Waals surface area contributed by atoms with E-state index in [2.05, 4.69) is 10.1 Å². The van der Waals surface area contributed by atoms with Gasteiger partial charge in [0, 0.05) is 16.7 Å². The summed E-state index contributed by atoms with van der Waals surface area (Å²) in [7, 11) is 1.36. The highest BCUT2D eigenvalue weighted by atomic mass is 32.2. The summed E-state index contributed by atoms with van der Waals surface area (Å²) in [5.74, 6) is -0.421. The first-order valence-electron chi connectivity index (χ1n) is 6.29. The lowest BCUT2D eigenvalue weighted by atomic mass is 10.1. The third kappa shape index (κ3) is 2.50. The van der Waals surface area contributed by atoms with E-state index >= 15 is 0 Å². The molecule has 0 saturated carbocycles. The Morgan fingerprint density at radius 3 is 2.67 bits per heavy atom. The first-order valence-corrected chi connectivity index (χ1v) is 7.51. The minimum Gasteiger partial charge on any atom is -0.465 e. The monoisotopic (exact) mass is 299 g/mol. The Morgan fingerprint density at radius 1 is 1.24 bits per heavy atom. The number of nitrogens with zero attached hydrogens (tertiary/aromatic N) is 3. The van der Waals surface area contributed by atoms with Crippen LogP contribution in [0.25, 0.3) is 16.8 Å². The molecule has 21 heavy (non-hydrogen) atoms. The Labute approximate surface area is 126 Å². The van der Waals surface area contributed by atoms with Crippen LogP contribution in [0.1, 0.15) is 10.4 Å². The van der Waals surface area contributed by atoms with Crippen LogP contribution in [0.3, 0.4) is 0 Å². The molecule has 5 nitrogen and oxygen atoms in total. The van der Waals surface area contributed by atoms with Crippen molar-refractivity contribution in [1.82, 2.24) is 14.6 Å². The molecule has 0 fully saturated rings. The topological polar surface area (TPSA) is 56.5 Å². The molecule has 6 heteroatoms. The zero-order valence-corrected chi connectivity index (χ0v) is 12.4. The molecule has 0 atom stereocenters. The number of thioether (sulfide) groups is 1. The molecule has 106 valence electrons. The highest BCUT2D eigenvalue weighted by molar-refractivity contribution is 7.98. The Hall–Kier alpha value is -2.34. The van der Waals surface area contributed by atoms with Crippen LogP contribution < -0.4 is 0 Å². The number of ether oxygens (including phenoxy) is 1. The molecule has 0 saturated heterocycles. The number of carbonyl (C=O) groups is 1. The van der Waals surface area contributed by atoms with E-state index in [0.29, 0.717) is 11.2 Å². The maximum Gasteiger partial charge on any atom is 0.341 e. The van der Waals surface area contributed by atoms with Crippen molar-refractivity contribution in [3.05, 3.63) is 48.4 Å². The summed E-state index contributed by atoms with van der Waals surface area (Å²) in [6, 6.07) is 9.91. The lowest BCUT2D eigenvalue weighted by molar-refractivity contribution is 0.0602. The molecule has 0 amide bonds. The van der Waals surface area contributed by atoms with E-state index in [9.17, 15) is 4.79 Å². The number of rotatable bonds is 3. The second-order valence-corrected chi connectivity index (χ2v) is 5.27. The minimum absolute atomic E-state index is 0.404. The van der Waals surface area contributed by atoms with E-state index in [1.54, 1.807) is 22.3 Å². The second kappa shape index (κ2) is 5.57. The highest BCUT2D eigenvalue weighted by Crippen LogP contribution is 2.25. The molecular formula is C15H13N3O2S. The van der Waals surface area contributed by atoms with Gasteiger partial charge in [-0.25, -0.2) is 14.3 Å². The summed E-state index contributed by atoms with van der Waals surface area (Å²) in [6.45, 7) is 0. The molecule has 0 aliphatic heterocycles. The quantitative estimate of drug-likeness (QED) is 0.550. The van der Waals surface area contributed by atoms with Crippen molar-refractivity contribution in [2.24, 2.45) is 0 Å². The lowest BCUT2D eigenvalue weighted by Crippen LogP contribution is -2.05. The Balaban J connectivity index is 2.15. The molecular weight excluding hydrogens is 286 g/mol. The fraction of sp³-hybridized carbons (Fsp3) is 0.133. The summed E-state index contributed by atoms with van der Waals surface area (Å²) in [5.41, 5.74) is 2.80. The van der Waals surface area contributed by atoms with E-state index in [1.165, 1.54) is 18.3 Å². The van der Waals surface area contributed by atoms with Gasteiger partial charge in [-0.05, 0) is 30.0 Å².